The zero-order valence-electron chi connectivity index (χ0n) is 7.18. The molecule has 0 aliphatic rings. The maximum absolute atomic E-state index is 13.2. The van der Waals surface area contributed by atoms with Crippen molar-refractivity contribution in [3.05, 3.63) is 34.1 Å². The van der Waals surface area contributed by atoms with Crippen molar-refractivity contribution < 1.29 is 8.78 Å². The number of benzene rings is 1. The summed E-state index contributed by atoms with van der Waals surface area (Å²) in [6.45, 7) is 1.67. The topological polar surface area (TPSA) is 25.8 Å². The van der Waals surface area contributed by atoms with Crippen molar-refractivity contribution in [3.8, 4) is 0 Å². The first-order chi connectivity index (χ1) is 6.59. The van der Waals surface area contributed by atoms with E-state index in [0.717, 1.165) is 6.07 Å². The second kappa shape index (κ2) is 3.24. The summed E-state index contributed by atoms with van der Waals surface area (Å²) in [5.41, 5.74) is 0.828. The van der Waals surface area contributed by atoms with Crippen LogP contribution in [0.2, 0.25) is 0 Å². The van der Waals surface area contributed by atoms with Crippen LogP contribution in [0, 0.1) is 18.6 Å². The molecule has 0 atom stereocenters. The molecule has 0 aliphatic heterocycles. The average molecular weight is 259 g/mol. The van der Waals surface area contributed by atoms with Crippen LogP contribution in [0.1, 0.15) is 5.69 Å². The molecule has 72 valence electrons. The van der Waals surface area contributed by atoms with Gasteiger partial charge in [0.15, 0.2) is 11.6 Å². The smallest absolute Gasteiger partial charge is 0.186 e. The molecule has 1 aromatic carbocycles. The number of nitrogens with zero attached hydrogens (tertiary/aromatic N) is 2. The van der Waals surface area contributed by atoms with E-state index in [4.69, 9.17) is 0 Å². The first kappa shape index (κ1) is 9.45. The Kier molecular flexibility index (Phi) is 2.19. The molecule has 0 saturated heterocycles. The molecular formula is C9H5BrF2N2. The fourth-order valence-corrected chi connectivity index (χ4v) is 1.41. The molecule has 1 aromatic heterocycles. The summed E-state index contributed by atoms with van der Waals surface area (Å²) in [5.74, 6) is -1.86. The van der Waals surface area contributed by atoms with Crippen molar-refractivity contribution in [1.82, 2.24) is 9.97 Å². The molecule has 0 bridgehead atoms. The lowest BCUT2D eigenvalue weighted by molar-refractivity contribution is 0.515. The largest absolute Gasteiger partial charge is 0.245 e. The number of hydrogen-bond acceptors (Lipinski definition) is 2. The quantitative estimate of drug-likeness (QED) is 0.726. The fourth-order valence-electron chi connectivity index (χ4n) is 1.13. The number of aromatic nitrogens is 2. The van der Waals surface area contributed by atoms with Gasteiger partial charge in [-0.15, -0.1) is 0 Å². The lowest BCUT2D eigenvalue weighted by Gasteiger charge is -2.02. The number of aryl methyl sites for hydroxylation is 1. The van der Waals surface area contributed by atoms with E-state index in [1.807, 2.05) is 0 Å². The van der Waals surface area contributed by atoms with Crippen LogP contribution in [-0.2, 0) is 0 Å². The van der Waals surface area contributed by atoms with Gasteiger partial charge < -0.3 is 0 Å². The molecule has 2 nitrogen and oxygen atoms in total. The van der Waals surface area contributed by atoms with Crippen molar-refractivity contribution in [2.75, 3.05) is 0 Å². The van der Waals surface area contributed by atoms with E-state index in [9.17, 15) is 8.78 Å². The molecular weight excluding hydrogens is 254 g/mol. The summed E-state index contributed by atoms with van der Waals surface area (Å²) < 4.78 is 26.6. The SMILES string of the molecule is Cc1nc2c(F)c(F)ccc2nc1Br. The van der Waals surface area contributed by atoms with Gasteiger partial charge in [0, 0.05) is 0 Å². The van der Waals surface area contributed by atoms with Gasteiger partial charge in [0.05, 0.1) is 11.2 Å². The molecule has 0 N–H and O–H groups in total. The molecule has 5 heteroatoms. The minimum Gasteiger partial charge on any atom is -0.245 e. The average Bonchev–Trinajstić information content (AvgIpc) is 2.15. The number of hydrogen-bond donors (Lipinski definition) is 0. The summed E-state index contributed by atoms with van der Waals surface area (Å²) in [6.07, 6.45) is 0. The summed E-state index contributed by atoms with van der Waals surface area (Å²) in [6, 6.07) is 2.43. The molecule has 14 heavy (non-hydrogen) atoms. The zero-order valence-corrected chi connectivity index (χ0v) is 8.77. The highest BCUT2D eigenvalue weighted by molar-refractivity contribution is 9.10. The zero-order chi connectivity index (χ0) is 10.3. The first-order valence-corrected chi connectivity index (χ1v) is 4.67. The molecule has 0 radical (unpaired) electrons. The van der Waals surface area contributed by atoms with Crippen LogP contribution in [0.4, 0.5) is 8.78 Å². The highest BCUT2D eigenvalue weighted by Gasteiger charge is 2.10. The Labute approximate surface area is 87.1 Å². The highest BCUT2D eigenvalue weighted by Crippen LogP contribution is 2.20. The summed E-state index contributed by atoms with van der Waals surface area (Å²) in [7, 11) is 0. The Bertz CT molecular complexity index is 514. The summed E-state index contributed by atoms with van der Waals surface area (Å²) in [4.78, 5) is 7.94. The van der Waals surface area contributed by atoms with Crippen molar-refractivity contribution in [1.29, 1.82) is 0 Å². The van der Waals surface area contributed by atoms with Crippen molar-refractivity contribution >= 4 is 27.0 Å². The predicted molar refractivity (Wildman–Crippen MR) is 51.9 cm³/mol. The maximum Gasteiger partial charge on any atom is 0.186 e. The van der Waals surface area contributed by atoms with Gasteiger partial charge in [0.1, 0.15) is 10.1 Å². The van der Waals surface area contributed by atoms with Gasteiger partial charge in [-0.2, -0.15) is 0 Å². The first-order valence-electron chi connectivity index (χ1n) is 3.87. The normalized spacial score (nSPS) is 10.9. The van der Waals surface area contributed by atoms with E-state index in [0.29, 0.717) is 15.8 Å². The summed E-state index contributed by atoms with van der Waals surface area (Å²) >= 11 is 3.17. The molecule has 0 unspecified atom stereocenters. The standard InChI is InChI=1S/C9H5BrF2N2/c1-4-9(10)14-6-3-2-5(11)7(12)8(6)13-4/h2-3H,1H3. The predicted octanol–water partition coefficient (Wildman–Crippen LogP) is 2.98. The Balaban J connectivity index is 2.89. The van der Waals surface area contributed by atoms with Crippen LogP contribution in [-0.4, -0.2) is 9.97 Å². The molecule has 2 rings (SSSR count). The fraction of sp³-hybridized carbons (Fsp3) is 0.111. The van der Waals surface area contributed by atoms with Gasteiger partial charge >= 0.3 is 0 Å². The van der Waals surface area contributed by atoms with E-state index in [2.05, 4.69) is 25.9 Å². The van der Waals surface area contributed by atoms with Crippen LogP contribution in [0.15, 0.2) is 16.7 Å². The van der Waals surface area contributed by atoms with Gasteiger partial charge in [0.2, 0.25) is 0 Å². The molecule has 0 saturated carbocycles. The Morgan fingerprint density at radius 1 is 1.21 bits per heavy atom. The Morgan fingerprint density at radius 3 is 2.64 bits per heavy atom. The van der Waals surface area contributed by atoms with Gasteiger partial charge in [-0.25, -0.2) is 18.7 Å². The number of halogens is 3. The van der Waals surface area contributed by atoms with E-state index < -0.39 is 11.6 Å². The van der Waals surface area contributed by atoms with Crippen LogP contribution in [0.25, 0.3) is 11.0 Å². The molecule has 1 heterocycles. The van der Waals surface area contributed by atoms with Crippen LogP contribution in [0.3, 0.4) is 0 Å². The third kappa shape index (κ3) is 1.37. The van der Waals surface area contributed by atoms with Gasteiger partial charge in [0.25, 0.3) is 0 Å². The second-order valence-corrected chi connectivity index (χ2v) is 3.58. The van der Waals surface area contributed by atoms with E-state index in [1.54, 1.807) is 6.92 Å². The lowest BCUT2D eigenvalue weighted by atomic mass is 10.2. The number of rotatable bonds is 0. The lowest BCUT2D eigenvalue weighted by Crippen LogP contribution is -1.95. The van der Waals surface area contributed by atoms with Crippen LogP contribution >= 0.6 is 15.9 Å². The van der Waals surface area contributed by atoms with Gasteiger partial charge in [-0.3, -0.25) is 0 Å². The Hall–Kier alpha value is -1.10. The van der Waals surface area contributed by atoms with E-state index in [-0.39, 0.29) is 5.52 Å². The Morgan fingerprint density at radius 2 is 1.93 bits per heavy atom. The molecule has 0 spiro atoms. The second-order valence-electron chi connectivity index (χ2n) is 2.83. The van der Waals surface area contributed by atoms with Gasteiger partial charge in [-0.1, -0.05) is 0 Å². The molecule has 2 aromatic rings. The molecule has 0 fully saturated rings. The van der Waals surface area contributed by atoms with Gasteiger partial charge in [-0.05, 0) is 35.0 Å². The van der Waals surface area contributed by atoms with Crippen LogP contribution in [0.5, 0.6) is 0 Å². The highest BCUT2D eigenvalue weighted by atomic mass is 79.9. The van der Waals surface area contributed by atoms with E-state index >= 15 is 0 Å². The minimum atomic E-state index is -0.953. The third-order valence-electron chi connectivity index (χ3n) is 1.84. The molecule has 0 aliphatic carbocycles. The molecule has 0 amide bonds. The summed E-state index contributed by atoms with van der Waals surface area (Å²) in [5, 5.41) is 0. The monoisotopic (exact) mass is 258 g/mol. The van der Waals surface area contributed by atoms with Crippen molar-refractivity contribution in [2.45, 2.75) is 6.92 Å². The third-order valence-corrected chi connectivity index (χ3v) is 2.60. The van der Waals surface area contributed by atoms with Crippen molar-refractivity contribution in [2.24, 2.45) is 0 Å². The van der Waals surface area contributed by atoms with Crippen LogP contribution < -0.4 is 0 Å². The maximum atomic E-state index is 13.2. The number of fused-ring (bicyclic) bond motifs is 1. The van der Waals surface area contributed by atoms with E-state index in [1.165, 1.54) is 6.07 Å². The minimum absolute atomic E-state index is 0.0364. The van der Waals surface area contributed by atoms with Crippen molar-refractivity contribution in [3.63, 3.8) is 0 Å².